The lowest BCUT2D eigenvalue weighted by Gasteiger charge is -2.06. The fraction of sp³-hybridized carbons (Fsp3) is 0.0556. The Kier molecular flexibility index (Phi) is 3.32. The molecule has 0 aliphatic rings. The van der Waals surface area contributed by atoms with Gasteiger partial charge in [0.05, 0.1) is 5.56 Å². The number of carboxylic acid groups (broad SMARTS) is 1. The maximum atomic E-state index is 11.1. The lowest BCUT2D eigenvalue weighted by molar-refractivity contribution is 0.0697. The maximum Gasteiger partial charge on any atom is 0.335 e. The minimum atomic E-state index is -0.907. The van der Waals surface area contributed by atoms with Crippen LogP contribution in [0, 0.1) is 6.92 Å². The summed E-state index contributed by atoms with van der Waals surface area (Å²) < 4.78 is 2.05. The predicted octanol–water partition coefficient (Wildman–Crippen LogP) is 4.15. The van der Waals surface area contributed by atoms with Crippen LogP contribution in [-0.2, 0) is 0 Å². The number of carboxylic acids is 1. The number of rotatable bonds is 3. The Morgan fingerprint density at radius 3 is 2.57 bits per heavy atom. The van der Waals surface area contributed by atoms with Crippen molar-refractivity contribution in [2.24, 2.45) is 0 Å². The molecule has 104 valence electrons. The van der Waals surface area contributed by atoms with Gasteiger partial charge in [0.1, 0.15) is 0 Å². The summed E-state index contributed by atoms with van der Waals surface area (Å²) in [4.78, 5) is 11.1. The number of carbonyl (C=O) groups is 1. The van der Waals surface area contributed by atoms with E-state index in [4.69, 9.17) is 5.11 Å². The third-order valence-electron chi connectivity index (χ3n) is 3.53. The van der Waals surface area contributed by atoms with Crippen LogP contribution in [0.15, 0.2) is 67.0 Å². The van der Waals surface area contributed by atoms with Crippen LogP contribution in [0.2, 0.25) is 0 Å². The van der Waals surface area contributed by atoms with Crippen molar-refractivity contribution in [3.63, 3.8) is 0 Å². The van der Waals surface area contributed by atoms with Gasteiger partial charge in [0.15, 0.2) is 0 Å². The minimum absolute atomic E-state index is 0.302. The molecular weight excluding hydrogens is 262 g/mol. The second-order valence-corrected chi connectivity index (χ2v) is 4.98. The molecule has 0 bridgehead atoms. The van der Waals surface area contributed by atoms with E-state index in [1.54, 1.807) is 18.2 Å². The fourth-order valence-corrected chi connectivity index (χ4v) is 2.40. The van der Waals surface area contributed by atoms with Gasteiger partial charge in [-0.1, -0.05) is 30.3 Å². The number of aromatic carboxylic acids is 1. The number of hydrogen-bond acceptors (Lipinski definition) is 1. The number of benzene rings is 2. The van der Waals surface area contributed by atoms with Gasteiger partial charge in [0, 0.05) is 18.1 Å². The highest BCUT2D eigenvalue weighted by molar-refractivity contribution is 5.89. The molecule has 21 heavy (non-hydrogen) atoms. The molecule has 3 heteroatoms. The second kappa shape index (κ2) is 5.29. The third-order valence-corrected chi connectivity index (χ3v) is 3.53. The van der Waals surface area contributed by atoms with Crippen molar-refractivity contribution in [3.8, 4) is 16.8 Å². The van der Waals surface area contributed by atoms with Crippen molar-refractivity contribution in [2.45, 2.75) is 6.92 Å². The van der Waals surface area contributed by atoms with Crippen LogP contribution in [0.5, 0.6) is 0 Å². The van der Waals surface area contributed by atoms with Crippen molar-refractivity contribution in [2.75, 3.05) is 0 Å². The highest BCUT2D eigenvalue weighted by atomic mass is 16.4. The van der Waals surface area contributed by atoms with Crippen LogP contribution in [0.4, 0.5) is 0 Å². The van der Waals surface area contributed by atoms with Gasteiger partial charge < -0.3 is 9.67 Å². The second-order valence-electron chi connectivity index (χ2n) is 4.98. The van der Waals surface area contributed by atoms with Crippen molar-refractivity contribution in [3.05, 3.63) is 78.1 Å². The third kappa shape index (κ3) is 2.58. The summed E-state index contributed by atoms with van der Waals surface area (Å²) in [6, 6.07) is 17.1. The van der Waals surface area contributed by atoms with E-state index in [2.05, 4.69) is 23.6 Å². The lowest BCUT2D eigenvalue weighted by atomic mass is 10.1. The molecule has 0 saturated carbocycles. The first kappa shape index (κ1) is 13.2. The first-order valence-corrected chi connectivity index (χ1v) is 6.73. The van der Waals surface area contributed by atoms with Crippen molar-refractivity contribution in [1.82, 2.24) is 4.57 Å². The van der Waals surface area contributed by atoms with Crippen LogP contribution in [0.3, 0.4) is 0 Å². The van der Waals surface area contributed by atoms with Crippen LogP contribution in [0.25, 0.3) is 16.8 Å². The predicted molar refractivity (Wildman–Crippen MR) is 82.9 cm³/mol. The molecule has 0 amide bonds. The molecule has 0 unspecified atom stereocenters. The molecule has 0 aliphatic heterocycles. The quantitative estimate of drug-likeness (QED) is 0.781. The molecule has 2 aromatic carbocycles. The highest BCUT2D eigenvalue weighted by Gasteiger charge is 2.07. The summed E-state index contributed by atoms with van der Waals surface area (Å²) in [6.07, 6.45) is 4.01. The standard InChI is InChI=1S/C18H15NO2/c1-13-5-2-3-8-17(13)19-10-9-16(12-19)14-6-4-7-15(11-14)18(20)21/h2-12H,1H3,(H,20,21). The zero-order chi connectivity index (χ0) is 14.8. The molecule has 3 rings (SSSR count). The number of aromatic nitrogens is 1. The lowest BCUT2D eigenvalue weighted by Crippen LogP contribution is -1.95. The monoisotopic (exact) mass is 277 g/mol. The van der Waals surface area contributed by atoms with Crippen LogP contribution < -0.4 is 0 Å². The van der Waals surface area contributed by atoms with E-state index in [-0.39, 0.29) is 0 Å². The molecule has 3 aromatic rings. The summed E-state index contributed by atoms with van der Waals surface area (Å²) in [5.74, 6) is -0.907. The zero-order valence-corrected chi connectivity index (χ0v) is 11.7. The summed E-state index contributed by atoms with van der Waals surface area (Å²) >= 11 is 0. The van der Waals surface area contributed by atoms with Gasteiger partial charge in [-0.15, -0.1) is 0 Å². The largest absolute Gasteiger partial charge is 0.478 e. The summed E-state index contributed by atoms with van der Waals surface area (Å²) in [5.41, 5.74) is 4.52. The first-order valence-electron chi connectivity index (χ1n) is 6.73. The van der Waals surface area contributed by atoms with Gasteiger partial charge in [-0.3, -0.25) is 0 Å². The number of hydrogen-bond donors (Lipinski definition) is 1. The summed E-state index contributed by atoms with van der Waals surface area (Å²) in [7, 11) is 0. The molecule has 1 aromatic heterocycles. The van der Waals surface area contributed by atoms with Gasteiger partial charge in [-0.05, 0) is 47.9 Å². The average Bonchev–Trinajstić information content (AvgIpc) is 2.97. The Bertz CT molecular complexity index is 802. The van der Waals surface area contributed by atoms with E-state index >= 15 is 0 Å². The Morgan fingerprint density at radius 2 is 1.81 bits per heavy atom. The van der Waals surface area contributed by atoms with E-state index in [0.29, 0.717) is 5.56 Å². The maximum absolute atomic E-state index is 11.1. The Hall–Kier alpha value is -2.81. The topological polar surface area (TPSA) is 42.2 Å². The Morgan fingerprint density at radius 1 is 1.00 bits per heavy atom. The Labute approximate surface area is 123 Å². The summed E-state index contributed by atoms with van der Waals surface area (Å²) in [6.45, 7) is 2.07. The molecule has 1 N–H and O–H groups in total. The van der Waals surface area contributed by atoms with E-state index in [0.717, 1.165) is 16.8 Å². The Balaban J connectivity index is 2.01. The first-order chi connectivity index (χ1) is 10.1. The van der Waals surface area contributed by atoms with Crippen molar-refractivity contribution < 1.29 is 9.90 Å². The van der Waals surface area contributed by atoms with E-state index in [1.165, 1.54) is 5.56 Å². The zero-order valence-electron chi connectivity index (χ0n) is 11.7. The number of para-hydroxylation sites is 1. The molecular formula is C18H15NO2. The SMILES string of the molecule is Cc1ccccc1-n1ccc(-c2cccc(C(=O)O)c2)c1. The molecule has 0 spiro atoms. The van der Waals surface area contributed by atoms with Gasteiger partial charge in [-0.2, -0.15) is 0 Å². The van der Waals surface area contributed by atoms with Crippen LogP contribution >= 0.6 is 0 Å². The molecule has 0 saturated heterocycles. The average molecular weight is 277 g/mol. The molecule has 3 nitrogen and oxygen atoms in total. The molecule has 1 heterocycles. The van der Waals surface area contributed by atoms with Crippen molar-refractivity contribution >= 4 is 5.97 Å². The van der Waals surface area contributed by atoms with E-state index < -0.39 is 5.97 Å². The molecule has 0 radical (unpaired) electrons. The van der Waals surface area contributed by atoms with Crippen LogP contribution in [-0.4, -0.2) is 15.6 Å². The van der Waals surface area contributed by atoms with Crippen molar-refractivity contribution in [1.29, 1.82) is 0 Å². The molecule has 0 aliphatic carbocycles. The van der Waals surface area contributed by atoms with Gasteiger partial charge in [-0.25, -0.2) is 4.79 Å². The highest BCUT2D eigenvalue weighted by Crippen LogP contribution is 2.23. The molecule has 0 fully saturated rings. The van der Waals surface area contributed by atoms with E-state index in [1.807, 2.05) is 36.7 Å². The smallest absolute Gasteiger partial charge is 0.335 e. The molecule has 0 atom stereocenters. The van der Waals surface area contributed by atoms with Crippen LogP contribution in [0.1, 0.15) is 15.9 Å². The number of nitrogens with zero attached hydrogens (tertiary/aromatic N) is 1. The summed E-state index contributed by atoms with van der Waals surface area (Å²) in [5, 5.41) is 9.07. The normalized spacial score (nSPS) is 10.5. The van der Waals surface area contributed by atoms with Gasteiger partial charge in [0.2, 0.25) is 0 Å². The fourth-order valence-electron chi connectivity index (χ4n) is 2.40. The minimum Gasteiger partial charge on any atom is -0.478 e. The van der Waals surface area contributed by atoms with Gasteiger partial charge in [0.25, 0.3) is 0 Å². The van der Waals surface area contributed by atoms with Gasteiger partial charge >= 0.3 is 5.97 Å². The number of aryl methyl sites for hydroxylation is 1. The van der Waals surface area contributed by atoms with E-state index in [9.17, 15) is 4.79 Å².